The number of nitrogens with zero attached hydrogens (tertiary/aromatic N) is 5. The largest absolute Gasteiger partial charge is 0.306 e. The predicted octanol–water partition coefficient (Wildman–Crippen LogP) is 2.77. The van der Waals surface area contributed by atoms with Crippen LogP contribution in [0.1, 0.15) is 22.5 Å². The van der Waals surface area contributed by atoms with Crippen molar-refractivity contribution in [3.05, 3.63) is 76.2 Å². The molecule has 8 nitrogen and oxygen atoms in total. The molecule has 0 saturated heterocycles. The molecule has 0 spiro atoms. The van der Waals surface area contributed by atoms with Gasteiger partial charge in [0.1, 0.15) is 5.69 Å². The zero-order valence-electron chi connectivity index (χ0n) is 13.8. The Hall–Kier alpha value is -3.55. The second-order valence-electron chi connectivity index (χ2n) is 5.92. The van der Waals surface area contributed by atoms with Gasteiger partial charge in [-0.05, 0) is 37.1 Å². The first kappa shape index (κ1) is 15.9. The highest BCUT2D eigenvalue weighted by molar-refractivity contribution is 6.05. The number of pyridine rings is 1. The van der Waals surface area contributed by atoms with Crippen LogP contribution >= 0.6 is 0 Å². The highest BCUT2D eigenvalue weighted by Gasteiger charge is 2.29. The summed E-state index contributed by atoms with van der Waals surface area (Å²) >= 11 is 0. The van der Waals surface area contributed by atoms with Crippen LogP contribution in [0.15, 0.2) is 54.9 Å². The number of nitro groups is 1. The minimum absolute atomic E-state index is 0.0539. The van der Waals surface area contributed by atoms with Crippen molar-refractivity contribution in [1.82, 2.24) is 14.8 Å². The maximum Gasteiger partial charge on any atom is 0.276 e. The molecule has 1 aliphatic rings. The van der Waals surface area contributed by atoms with E-state index in [1.54, 1.807) is 58.4 Å². The summed E-state index contributed by atoms with van der Waals surface area (Å²) in [6.45, 7) is 0.501. The molecule has 0 unspecified atom stereocenters. The van der Waals surface area contributed by atoms with Gasteiger partial charge in [0.15, 0.2) is 5.82 Å². The smallest absolute Gasteiger partial charge is 0.276 e. The second kappa shape index (κ2) is 6.40. The molecule has 26 heavy (non-hydrogen) atoms. The van der Waals surface area contributed by atoms with Gasteiger partial charge in [-0.25, -0.2) is 9.67 Å². The number of amides is 1. The molecule has 1 amide bonds. The molecule has 1 aromatic carbocycles. The molecule has 0 atom stereocenters. The van der Waals surface area contributed by atoms with Gasteiger partial charge in [0.05, 0.1) is 16.2 Å². The molecule has 0 radical (unpaired) electrons. The van der Waals surface area contributed by atoms with Gasteiger partial charge >= 0.3 is 0 Å². The Labute approximate surface area is 148 Å². The lowest BCUT2D eigenvalue weighted by Crippen LogP contribution is -2.36. The molecule has 0 saturated carbocycles. The van der Waals surface area contributed by atoms with Crippen LogP contribution in [0.4, 0.5) is 11.4 Å². The lowest BCUT2D eigenvalue weighted by molar-refractivity contribution is -0.385. The van der Waals surface area contributed by atoms with Crippen LogP contribution in [0.2, 0.25) is 0 Å². The van der Waals surface area contributed by atoms with Gasteiger partial charge in [-0.3, -0.25) is 14.9 Å². The van der Waals surface area contributed by atoms with Crippen LogP contribution in [0.5, 0.6) is 0 Å². The highest BCUT2D eigenvalue weighted by Crippen LogP contribution is 2.34. The van der Waals surface area contributed by atoms with E-state index >= 15 is 0 Å². The second-order valence-corrected chi connectivity index (χ2v) is 5.92. The maximum absolute atomic E-state index is 13.0. The Morgan fingerprint density at radius 3 is 2.77 bits per heavy atom. The van der Waals surface area contributed by atoms with E-state index in [2.05, 4.69) is 10.1 Å². The zero-order valence-corrected chi connectivity index (χ0v) is 13.8. The van der Waals surface area contributed by atoms with Gasteiger partial charge in [-0.15, -0.1) is 0 Å². The molecule has 0 bridgehead atoms. The Balaban J connectivity index is 1.72. The van der Waals surface area contributed by atoms with Crippen LogP contribution < -0.4 is 4.90 Å². The Kier molecular flexibility index (Phi) is 3.92. The van der Waals surface area contributed by atoms with Gasteiger partial charge in [-0.1, -0.05) is 12.1 Å². The summed E-state index contributed by atoms with van der Waals surface area (Å²) in [7, 11) is 0. The normalized spacial score (nSPS) is 13.3. The van der Waals surface area contributed by atoms with Crippen molar-refractivity contribution in [3.63, 3.8) is 0 Å². The Morgan fingerprint density at radius 2 is 2.00 bits per heavy atom. The Morgan fingerprint density at radius 1 is 1.15 bits per heavy atom. The summed E-state index contributed by atoms with van der Waals surface area (Å²) in [6, 6.07) is 11.8. The molecule has 0 fully saturated rings. The number of benzene rings is 1. The van der Waals surface area contributed by atoms with Crippen molar-refractivity contribution < 1.29 is 9.72 Å². The first-order valence-electron chi connectivity index (χ1n) is 8.20. The highest BCUT2D eigenvalue weighted by atomic mass is 16.6. The van der Waals surface area contributed by atoms with E-state index in [1.165, 1.54) is 6.07 Å². The third kappa shape index (κ3) is 2.71. The average Bonchev–Trinajstić information content (AvgIpc) is 3.21. The van der Waals surface area contributed by atoms with Crippen LogP contribution in [0.3, 0.4) is 0 Å². The fourth-order valence-corrected chi connectivity index (χ4v) is 3.20. The SMILES string of the molecule is O=C(c1cccc(-n2cccn2)n1)N1CCCc2c1cccc2[N+](=O)[O-]. The lowest BCUT2D eigenvalue weighted by atomic mass is 9.99. The summed E-state index contributed by atoms with van der Waals surface area (Å²) in [6.07, 6.45) is 4.63. The summed E-state index contributed by atoms with van der Waals surface area (Å²) < 4.78 is 1.58. The number of hydrogen-bond donors (Lipinski definition) is 0. The standard InChI is InChI=1S/C18H15N5O3/c24-18(14-6-1-9-17(20-14)22-12-4-10-19-22)21-11-3-5-13-15(21)7-2-8-16(13)23(25)26/h1-2,4,6-10,12H,3,5,11H2. The maximum atomic E-state index is 13.0. The summed E-state index contributed by atoms with van der Waals surface area (Å²) in [4.78, 5) is 29.9. The molecule has 8 heteroatoms. The molecule has 0 N–H and O–H groups in total. The summed E-state index contributed by atoms with van der Waals surface area (Å²) in [5.41, 5.74) is 1.51. The number of carbonyl (C=O) groups is 1. The van der Waals surface area contributed by atoms with Gasteiger partial charge < -0.3 is 4.90 Å². The van der Waals surface area contributed by atoms with Gasteiger partial charge in [0, 0.05) is 25.0 Å². The monoisotopic (exact) mass is 349 g/mol. The van der Waals surface area contributed by atoms with Gasteiger partial charge in [-0.2, -0.15) is 5.10 Å². The van der Waals surface area contributed by atoms with Crippen molar-refractivity contribution in [2.24, 2.45) is 0 Å². The average molecular weight is 349 g/mol. The minimum atomic E-state index is -0.399. The number of fused-ring (bicyclic) bond motifs is 1. The first-order valence-corrected chi connectivity index (χ1v) is 8.20. The molecule has 2 aromatic heterocycles. The Bertz CT molecular complexity index is 984. The van der Waals surface area contributed by atoms with Crippen molar-refractivity contribution in [2.75, 3.05) is 11.4 Å². The fourth-order valence-electron chi connectivity index (χ4n) is 3.20. The molecule has 3 heterocycles. The van der Waals surface area contributed by atoms with Crippen molar-refractivity contribution in [2.45, 2.75) is 12.8 Å². The number of rotatable bonds is 3. The van der Waals surface area contributed by atoms with Crippen molar-refractivity contribution in [3.8, 4) is 5.82 Å². The summed E-state index contributed by atoms with van der Waals surface area (Å²) in [5, 5.41) is 15.4. The van der Waals surface area contributed by atoms with E-state index in [1.807, 2.05) is 0 Å². The quantitative estimate of drug-likeness (QED) is 0.535. The number of aromatic nitrogens is 3. The lowest BCUT2D eigenvalue weighted by Gasteiger charge is -2.29. The molecule has 130 valence electrons. The summed E-state index contributed by atoms with van der Waals surface area (Å²) in [5.74, 6) is 0.262. The molecule has 1 aliphatic heterocycles. The van der Waals surface area contributed by atoms with Gasteiger partial charge in [0.25, 0.3) is 11.6 Å². The van der Waals surface area contributed by atoms with Crippen molar-refractivity contribution >= 4 is 17.3 Å². The van der Waals surface area contributed by atoms with Crippen LogP contribution in [0, 0.1) is 10.1 Å². The van der Waals surface area contributed by atoms with E-state index < -0.39 is 4.92 Å². The zero-order chi connectivity index (χ0) is 18.1. The minimum Gasteiger partial charge on any atom is -0.306 e. The van der Waals surface area contributed by atoms with Crippen LogP contribution in [-0.4, -0.2) is 32.1 Å². The third-order valence-corrected chi connectivity index (χ3v) is 4.36. The van der Waals surface area contributed by atoms with Crippen molar-refractivity contribution in [1.29, 1.82) is 0 Å². The predicted molar refractivity (Wildman–Crippen MR) is 94.5 cm³/mol. The first-order chi connectivity index (χ1) is 12.6. The number of carbonyl (C=O) groups excluding carboxylic acids is 1. The number of anilines is 1. The van der Waals surface area contributed by atoms with Crippen LogP contribution in [0.25, 0.3) is 5.82 Å². The molecular formula is C18H15N5O3. The molecular weight excluding hydrogens is 334 g/mol. The number of nitro benzene ring substituents is 1. The number of hydrogen-bond acceptors (Lipinski definition) is 5. The van der Waals surface area contributed by atoms with Crippen LogP contribution in [-0.2, 0) is 6.42 Å². The fraction of sp³-hybridized carbons (Fsp3) is 0.167. The molecule has 0 aliphatic carbocycles. The topological polar surface area (TPSA) is 94.2 Å². The molecule has 4 rings (SSSR count). The van der Waals surface area contributed by atoms with Gasteiger partial charge in [0.2, 0.25) is 0 Å². The molecule has 3 aromatic rings. The van der Waals surface area contributed by atoms with E-state index in [4.69, 9.17) is 0 Å². The van der Waals surface area contributed by atoms with E-state index in [0.717, 1.165) is 0 Å². The van der Waals surface area contributed by atoms with E-state index in [0.29, 0.717) is 36.5 Å². The third-order valence-electron chi connectivity index (χ3n) is 4.36. The van der Waals surface area contributed by atoms with E-state index in [9.17, 15) is 14.9 Å². The van der Waals surface area contributed by atoms with E-state index in [-0.39, 0.29) is 17.3 Å².